The van der Waals surface area contributed by atoms with Crippen molar-refractivity contribution in [3.8, 4) is 11.8 Å². The minimum atomic E-state index is -0.457. The van der Waals surface area contributed by atoms with Crippen LogP contribution in [0.2, 0.25) is 0 Å². The van der Waals surface area contributed by atoms with Crippen LogP contribution >= 0.6 is 0 Å². The van der Waals surface area contributed by atoms with Crippen LogP contribution < -0.4 is 4.84 Å². The van der Waals surface area contributed by atoms with Crippen LogP contribution in [0.5, 0.6) is 11.8 Å². The Morgan fingerprint density at radius 1 is 1.27 bits per heavy atom. The number of aromatic hydroxyl groups is 2. The Morgan fingerprint density at radius 2 is 1.91 bits per heavy atom. The summed E-state index contributed by atoms with van der Waals surface area (Å²) < 4.78 is 0.734. The zero-order chi connectivity index (χ0) is 16.5. The molecule has 1 atom stereocenters. The van der Waals surface area contributed by atoms with Gasteiger partial charge in [-0.1, -0.05) is 38.8 Å². The molecule has 5 heteroatoms. The molecule has 1 unspecified atom stereocenters. The average Bonchev–Trinajstić information content (AvgIpc) is 2.81. The number of nitrogens with zero attached hydrogens (tertiary/aromatic N) is 1. The van der Waals surface area contributed by atoms with Gasteiger partial charge in [-0.05, 0) is 32.1 Å². The quantitative estimate of drug-likeness (QED) is 0.537. The largest absolute Gasteiger partial charge is 0.492 e. The molecule has 0 aromatic carbocycles. The molecule has 1 aromatic heterocycles. The number of aromatic nitrogens is 1. The van der Waals surface area contributed by atoms with E-state index in [2.05, 4.69) is 19.9 Å². The number of unbranched alkanes of at least 4 members (excludes halogenated alkanes) is 1. The summed E-state index contributed by atoms with van der Waals surface area (Å²) in [7, 11) is 0. The van der Waals surface area contributed by atoms with Crippen molar-refractivity contribution in [2.24, 2.45) is 5.92 Å². The molecule has 124 valence electrons. The van der Waals surface area contributed by atoms with Gasteiger partial charge in [0.2, 0.25) is 11.8 Å². The highest BCUT2D eigenvalue weighted by Crippen LogP contribution is 2.20. The maximum Gasteiger partial charge on any atom is 0.335 e. The van der Waals surface area contributed by atoms with E-state index in [1.54, 1.807) is 6.92 Å². The molecule has 0 aliphatic rings. The topological polar surface area (TPSA) is 71.7 Å². The predicted molar refractivity (Wildman–Crippen MR) is 85.6 cm³/mol. The summed E-state index contributed by atoms with van der Waals surface area (Å²) in [5.41, 5.74) is 1.47. The lowest BCUT2D eigenvalue weighted by Crippen LogP contribution is -2.25. The third kappa shape index (κ3) is 5.47. The minimum absolute atomic E-state index is 0.276. The zero-order valence-electron chi connectivity index (χ0n) is 13.7. The van der Waals surface area contributed by atoms with Crippen molar-refractivity contribution in [2.75, 3.05) is 0 Å². The lowest BCUT2D eigenvalue weighted by molar-refractivity contribution is -0.150. The van der Waals surface area contributed by atoms with Crippen molar-refractivity contribution in [1.29, 1.82) is 0 Å². The van der Waals surface area contributed by atoms with Crippen LogP contribution in [0.25, 0.3) is 0 Å². The van der Waals surface area contributed by atoms with Gasteiger partial charge in [-0.15, -0.1) is 4.73 Å². The van der Waals surface area contributed by atoms with Crippen LogP contribution in [0.3, 0.4) is 0 Å². The second-order valence-corrected chi connectivity index (χ2v) is 5.53. The molecule has 1 heterocycles. The molecule has 1 aromatic rings. The second kappa shape index (κ2) is 9.18. The molecule has 22 heavy (non-hydrogen) atoms. The van der Waals surface area contributed by atoms with Gasteiger partial charge in [-0.3, -0.25) is 0 Å². The maximum atomic E-state index is 11.9. The number of hydrogen-bond acceptors (Lipinski definition) is 4. The smallest absolute Gasteiger partial charge is 0.335 e. The van der Waals surface area contributed by atoms with Crippen molar-refractivity contribution in [1.82, 2.24) is 4.73 Å². The molecule has 0 saturated heterocycles. The summed E-state index contributed by atoms with van der Waals surface area (Å²) in [5.74, 6) is -1.33. The Labute approximate surface area is 132 Å². The first-order valence-electron chi connectivity index (χ1n) is 7.99. The molecule has 1 rings (SSSR count). The van der Waals surface area contributed by atoms with Crippen molar-refractivity contribution in [2.45, 2.75) is 59.3 Å². The molecule has 5 nitrogen and oxygen atoms in total. The standard InChI is InChI=1S/C17H27NO4/c1-4-8-14(5-2)10-7-6-9-13(3)17(21)22-18-15(19)11-12-16(18)20/h8,11-13,19-20H,4-7,9-10H2,1-3H3. The Balaban J connectivity index is 2.35. The van der Waals surface area contributed by atoms with Crippen molar-refractivity contribution in [3.63, 3.8) is 0 Å². The van der Waals surface area contributed by atoms with Crippen LogP contribution in [-0.4, -0.2) is 20.9 Å². The molecular weight excluding hydrogens is 282 g/mol. The molecule has 0 radical (unpaired) electrons. The zero-order valence-corrected chi connectivity index (χ0v) is 13.7. The van der Waals surface area contributed by atoms with E-state index >= 15 is 0 Å². The average molecular weight is 309 g/mol. The lowest BCUT2D eigenvalue weighted by atomic mass is 10.00. The van der Waals surface area contributed by atoms with Crippen molar-refractivity contribution < 1.29 is 19.8 Å². The first kappa shape index (κ1) is 18.1. The van der Waals surface area contributed by atoms with Crippen LogP contribution in [-0.2, 0) is 4.79 Å². The first-order chi connectivity index (χ1) is 10.5. The van der Waals surface area contributed by atoms with E-state index in [-0.39, 0.29) is 17.7 Å². The molecule has 0 saturated carbocycles. The second-order valence-electron chi connectivity index (χ2n) is 5.53. The van der Waals surface area contributed by atoms with Gasteiger partial charge >= 0.3 is 5.97 Å². The highest BCUT2D eigenvalue weighted by molar-refractivity contribution is 5.72. The van der Waals surface area contributed by atoms with E-state index in [4.69, 9.17) is 4.84 Å². The van der Waals surface area contributed by atoms with E-state index in [0.29, 0.717) is 0 Å². The first-order valence-corrected chi connectivity index (χ1v) is 7.99. The molecule has 0 aliphatic carbocycles. The summed E-state index contributed by atoms with van der Waals surface area (Å²) >= 11 is 0. The van der Waals surface area contributed by atoms with E-state index in [1.807, 2.05) is 0 Å². The number of allylic oxidation sites excluding steroid dienone is 2. The summed E-state index contributed by atoms with van der Waals surface area (Å²) in [5, 5.41) is 18.9. The van der Waals surface area contributed by atoms with E-state index in [9.17, 15) is 15.0 Å². The van der Waals surface area contributed by atoms with Gasteiger partial charge in [0.15, 0.2) is 0 Å². The van der Waals surface area contributed by atoms with Crippen LogP contribution in [0.15, 0.2) is 23.8 Å². The number of hydrogen-bond donors (Lipinski definition) is 2. The third-order valence-electron chi connectivity index (χ3n) is 3.71. The van der Waals surface area contributed by atoms with Gasteiger partial charge in [0.05, 0.1) is 5.92 Å². The van der Waals surface area contributed by atoms with Gasteiger partial charge in [0.1, 0.15) is 0 Å². The van der Waals surface area contributed by atoms with Crippen molar-refractivity contribution in [3.05, 3.63) is 23.8 Å². The highest BCUT2D eigenvalue weighted by Gasteiger charge is 2.18. The molecule has 0 aliphatic heterocycles. The van der Waals surface area contributed by atoms with Gasteiger partial charge < -0.3 is 15.1 Å². The van der Waals surface area contributed by atoms with Gasteiger partial charge in [0.25, 0.3) is 0 Å². The fourth-order valence-electron chi connectivity index (χ4n) is 2.31. The summed E-state index contributed by atoms with van der Waals surface area (Å²) in [6.07, 6.45) is 8.22. The van der Waals surface area contributed by atoms with E-state index in [0.717, 1.165) is 43.3 Å². The Morgan fingerprint density at radius 3 is 2.45 bits per heavy atom. The number of carbonyl (C=O) groups excluding carboxylic acids is 1. The number of rotatable bonds is 9. The Kier molecular flexibility index (Phi) is 7.57. The molecule has 0 amide bonds. The van der Waals surface area contributed by atoms with Crippen molar-refractivity contribution >= 4 is 5.97 Å². The van der Waals surface area contributed by atoms with E-state index in [1.165, 1.54) is 17.7 Å². The third-order valence-corrected chi connectivity index (χ3v) is 3.71. The van der Waals surface area contributed by atoms with Crippen LogP contribution in [0, 0.1) is 5.92 Å². The predicted octanol–water partition coefficient (Wildman–Crippen LogP) is 3.80. The monoisotopic (exact) mass is 309 g/mol. The van der Waals surface area contributed by atoms with Gasteiger partial charge in [-0.2, -0.15) is 0 Å². The Hall–Kier alpha value is -1.91. The fraction of sp³-hybridized carbons (Fsp3) is 0.588. The molecule has 2 N–H and O–H groups in total. The summed E-state index contributed by atoms with van der Waals surface area (Å²) in [6, 6.07) is 2.53. The lowest BCUT2D eigenvalue weighted by Gasteiger charge is -2.12. The van der Waals surface area contributed by atoms with E-state index < -0.39 is 5.97 Å². The van der Waals surface area contributed by atoms with Crippen LogP contribution in [0.4, 0.5) is 0 Å². The molecule has 0 spiro atoms. The maximum absolute atomic E-state index is 11.9. The SMILES string of the molecule is CCC=C(CC)CCCCC(C)C(=O)On1c(O)ccc1O. The molecular formula is C17H27NO4. The van der Waals surface area contributed by atoms with Crippen LogP contribution in [0.1, 0.15) is 59.3 Å². The van der Waals surface area contributed by atoms with Gasteiger partial charge in [-0.25, -0.2) is 4.79 Å². The Bertz CT molecular complexity index is 485. The number of carbonyl (C=O) groups is 1. The normalized spacial score (nSPS) is 13.1. The fourth-order valence-corrected chi connectivity index (χ4v) is 2.31. The highest BCUT2D eigenvalue weighted by atomic mass is 16.7. The molecule has 0 fully saturated rings. The molecule has 0 bridgehead atoms. The summed E-state index contributed by atoms with van der Waals surface area (Å²) in [6.45, 7) is 6.10. The minimum Gasteiger partial charge on any atom is -0.492 e. The summed E-state index contributed by atoms with van der Waals surface area (Å²) in [4.78, 5) is 16.9. The van der Waals surface area contributed by atoms with Gasteiger partial charge in [0, 0.05) is 12.1 Å².